The van der Waals surface area contributed by atoms with Crippen molar-refractivity contribution >= 4 is 16.7 Å². The van der Waals surface area contributed by atoms with Gasteiger partial charge in [-0.15, -0.1) is 0 Å². The third kappa shape index (κ3) is 2.73. The Balaban J connectivity index is 1.32. The minimum atomic E-state index is 0.0247. The minimum absolute atomic E-state index is 0.0247. The Bertz CT molecular complexity index is 1110. The first-order valence-corrected chi connectivity index (χ1v) is 8.66. The normalized spacial score (nSPS) is 14.3. The average Bonchev–Trinajstić information content (AvgIpc) is 3.16. The lowest BCUT2D eigenvalue weighted by atomic mass is 9.97. The number of aromatic nitrogens is 4. The highest BCUT2D eigenvalue weighted by atomic mass is 16.5. The second-order valence-corrected chi connectivity index (χ2v) is 6.48. The number of likely N-dealkylation sites (tertiary alicyclic amines) is 1. The van der Waals surface area contributed by atoms with Crippen molar-refractivity contribution in [1.29, 1.82) is 0 Å². The standard InChI is InChI=1S/C20H15N5O2/c26-20(16-7-3-5-13-4-1-2-6-15(13)16)25-11-14(12-25)19-23-18(24-27-19)17-10-21-8-9-22-17/h1-10,14H,11-12H2. The summed E-state index contributed by atoms with van der Waals surface area (Å²) in [7, 11) is 0. The molecule has 0 bridgehead atoms. The lowest BCUT2D eigenvalue weighted by molar-refractivity contribution is 0.0571. The van der Waals surface area contributed by atoms with Crippen LogP contribution in [0.5, 0.6) is 0 Å². The fraction of sp³-hybridized carbons (Fsp3) is 0.150. The topological polar surface area (TPSA) is 85.0 Å². The number of amides is 1. The summed E-state index contributed by atoms with van der Waals surface area (Å²) in [6, 6.07) is 13.7. The third-order valence-electron chi connectivity index (χ3n) is 4.77. The van der Waals surface area contributed by atoms with Gasteiger partial charge in [-0.2, -0.15) is 4.98 Å². The first-order chi connectivity index (χ1) is 13.3. The molecule has 4 aromatic rings. The van der Waals surface area contributed by atoms with Crippen molar-refractivity contribution in [3.05, 3.63) is 72.5 Å². The molecule has 0 N–H and O–H groups in total. The second-order valence-electron chi connectivity index (χ2n) is 6.48. The molecule has 132 valence electrons. The summed E-state index contributed by atoms with van der Waals surface area (Å²) in [5.74, 6) is 1.01. The fourth-order valence-electron chi connectivity index (χ4n) is 3.30. The Labute approximate surface area is 154 Å². The number of carbonyl (C=O) groups excluding carboxylic acids is 1. The zero-order chi connectivity index (χ0) is 18.2. The van der Waals surface area contributed by atoms with Gasteiger partial charge in [0, 0.05) is 31.0 Å². The molecule has 1 saturated heterocycles. The predicted octanol–water partition coefficient (Wildman–Crippen LogP) is 2.92. The maximum Gasteiger partial charge on any atom is 0.254 e. The highest BCUT2D eigenvalue weighted by Gasteiger charge is 2.36. The highest BCUT2D eigenvalue weighted by Crippen LogP contribution is 2.30. The van der Waals surface area contributed by atoms with Crippen LogP contribution in [0.4, 0.5) is 0 Å². The van der Waals surface area contributed by atoms with Gasteiger partial charge in [-0.1, -0.05) is 41.6 Å². The number of carbonyl (C=O) groups is 1. The van der Waals surface area contributed by atoms with E-state index in [0.29, 0.717) is 30.5 Å². The molecule has 0 spiro atoms. The molecule has 1 fully saturated rings. The van der Waals surface area contributed by atoms with Gasteiger partial charge in [0.2, 0.25) is 11.7 Å². The molecule has 1 aliphatic rings. The molecular weight excluding hydrogens is 342 g/mol. The second kappa shape index (κ2) is 6.28. The summed E-state index contributed by atoms with van der Waals surface area (Å²) in [5.41, 5.74) is 1.29. The Morgan fingerprint density at radius 1 is 1.07 bits per heavy atom. The molecule has 2 aromatic heterocycles. The lowest BCUT2D eigenvalue weighted by Gasteiger charge is -2.37. The lowest BCUT2D eigenvalue weighted by Crippen LogP contribution is -2.48. The zero-order valence-corrected chi connectivity index (χ0v) is 14.3. The molecule has 1 amide bonds. The van der Waals surface area contributed by atoms with E-state index in [2.05, 4.69) is 20.1 Å². The van der Waals surface area contributed by atoms with Gasteiger partial charge in [0.25, 0.3) is 5.91 Å². The van der Waals surface area contributed by atoms with Crippen molar-refractivity contribution in [2.45, 2.75) is 5.92 Å². The van der Waals surface area contributed by atoms with Crippen LogP contribution >= 0.6 is 0 Å². The van der Waals surface area contributed by atoms with Crippen LogP contribution in [0.15, 0.2) is 65.6 Å². The van der Waals surface area contributed by atoms with Crippen molar-refractivity contribution < 1.29 is 9.32 Å². The summed E-state index contributed by atoms with van der Waals surface area (Å²) in [6.07, 6.45) is 4.76. The van der Waals surface area contributed by atoms with Crippen LogP contribution in [0.3, 0.4) is 0 Å². The van der Waals surface area contributed by atoms with Crippen LogP contribution in [-0.2, 0) is 0 Å². The van der Waals surface area contributed by atoms with Gasteiger partial charge < -0.3 is 9.42 Å². The molecule has 27 heavy (non-hydrogen) atoms. The third-order valence-corrected chi connectivity index (χ3v) is 4.77. The van der Waals surface area contributed by atoms with E-state index in [-0.39, 0.29) is 11.8 Å². The van der Waals surface area contributed by atoms with Crippen LogP contribution in [0.25, 0.3) is 22.3 Å². The van der Waals surface area contributed by atoms with Gasteiger partial charge >= 0.3 is 0 Å². The summed E-state index contributed by atoms with van der Waals surface area (Å²) in [5, 5.41) is 6.00. The molecule has 5 rings (SSSR count). The van der Waals surface area contributed by atoms with Crippen LogP contribution in [0.1, 0.15) is 22.2 Å². The van der Waals surface area contributed by atoms with Gasteiger partial charge in [0.15, 0.2) is 0 Å². The minimum Gasteiger partial charge on any atom is -0.338 e. The van der Waals surface area contributed by atoms with Crippen LogP contribution < -0.4 is 0 Å². The maximum atomic E-state index is 12.9. The number of hydrogen-bond donors (Lipinski definition) is 0. The van der Waals surface area contributed by atoms with Crippen LogP contribution in [-0.4, -0.2) is 44.0 Å². The molecule has 0 aliphatic carbocycles. The van der Waals surface area contributed by atoms with E-state index >= 15 is 0 Å². The zero-order valence-electron chi connectivity index (χ0n) is 14.3. The maximum absolute atomic E-state index is 12.9. The molecule has 0 unspecified atom stereocenters. The molecule has 7 nitrogen and oxygen atoms in total. The van der Waals surface area contributed by atoms with Crippen molar-refractivity contribution in [2.24, 2.45) is 0 Å². The largest absolute Gasteiger partial charge is 0.338 e. The van der Waals surface area contributed by atoms with Crippen molar-refractivity contribution in [3.8, 4) is 11.5 Å². The average molecular weight is 357 g/mol. The SMILES string of the molecule is O=C(c1cccc2ccccc12)N1CC(c2nc(-c3cnccn3)no2)C1. The molecule has 7 heteroatoms. The molecule has 0 saturated carbocycles. The van der Waals surface area contributed by atoms with Crippen molar-refractivity contribution in [3.63, 3.8) is 0 Å². The Morgan fingerprint density at radius 3 is 2.78 bits per heavy atom. The Morgan fingerprint density at radius 2 is 1.93 bits per heavy atom. The van der Waals surface area contributed by atoms with E-state index in [1.807, 2.05) is 42.5 Å². The number of hydrogen-bond acceptors (Lipinski definition) is 6. The summed E-state index contributed by atoms with van der Waals surface area (Å²) < 4.78 is 5.36. The predicted molar refractivity (Wildman–Crippen MR) is 97.9 cm³/mol. The summed E-state index contributed by atoms with van der Waals surface area (Å²) >= 11 is 0. The monoisotopic (exact) mass is 357 g/mol. The number of benzene rings is 2. The van der Waals surface area contributed by atoms with Crippen molar-refractivity contribution in [2.75, 3.05) is 13.1 Å². The van der Waals surface area contributed by atoms with E-state index in [0.717, 1.165) is 16.3 Å². The van der Waals surface area contributed by atoms with E-state index < -0.39 is 0 Å². The smallest absolute Gasteiger partial charge is 0.254 e. The van der Waals surface area contributed by atoms with E-state index in [1.54, 1.807) is 23.5 Å². The molecule has 1 aliphatic heterocycles. The van der Waals surface area contributed by atoms with Crippen LogP contribution in [0, 0.1) is 0 Å². The molecule has 0 radical (unpaired) electrons. The fourth-order valence-corrected chi connectivity index (χ4v) is 3.30. The van der Waals surface area contributed by atoms with Crippen molar-refractivity contribution in [1.82, 2.24) is 25.0 Å². The van der Waals surface area contributed by atoms with E-state index in [9.17, 15) is 4.79 Å². The quantitative estimate of drug-likeness (QED) is 0.560. The van der Waals surface area contributed by atoms with E-state index in [1.165, 1.54) is 0 Å². The molecule has 2 aromatic carbocycles. The van der Waals surface area contributed by atoms with Gasteiger partial charge in [0.05, 0.1) is 12.1 Å². The van der Waals surface area contributed by atoms with Gasteiger partial charge in [-0.3, -0.25) is 9.78 Å². The van der Waals surface area contributed by atoms with Gasteiger partial charge in [0.1, 0.15) is 5.69 Å². The van der Waals surface area contributed by atoms with Gasteiger partial charge in [-0.05, 0) is 16.8 Å². The number of rotatable bonds is 3. The first kappa shape index (κ1) is 15.6. The van der Waals surface area contributed by atoms with Gasteiger partial charge in [-0.25, -0.2) is 4.98 Å². The van der Waals surface area contributed by atoms with E-state index in [4.69, 9.17) is 4.52 Å². The molecule has 0 atom stereocenters. The number of fused-ring (bicyclic) bond motifs is 1. The Hall–Kier alpha value is -3.61. The Kier molecular flexibility index (Phi) is 3.64. The summed E-state index contributed by atoms with van der Waals surface area (Å²) in [6.45, 7) is 1.12. The number of nitrogens with zero attached hydrogens (tertiary/aromatic N) is 5. The highest BCUT2D eigenvalue weighted by molar-refractivity contribution is 6.07. The molecule has 3 heterocycles. The summed E-state index contributed by atoms with van der Waals surface area (Å²) in [4.78, 5) is 27.3. The van der Waals surface area contributed by atoms with Crippen LogP contribution in [0.2, 0.25) is 0 Å². The first-order valence-electron chi connectivity index (χ1n) is 8.66. The molecular formula is C20H15N5O2.